The minimum absolute atomic E-state index is 0.0491. The summed E-state index contributed by atoms with van der Waals surface area (Å²) in [5.74, 6) is -1.02. The van der Waals surface area contributed by atoms with Gasteiger partial charge in [0.15, 0.2) is 14.6 Å². The van der Waals surface area contributed by atoms with Crippen molar-refractivity contribution >= 4 is 37.3 Å². The van der Waals surface area contributed by atoms with Gasteiger partial charge in [0.2, 0.25) is 0 Å². The highest BCUT2D eigenvalue weighted by molar-refractivity contribution is 7.93. The number of nitrogens with one attached hydrogen (secondary N) is 1. The SMILES string of the molecule is O=C(NO)C1(S(=O)(=O)c2ccc3nc(-c4ccc(C(F)(F)F)cc4)sc3c2)CCOCC1. The zero-order valence-electron chi connectivity index (χ0n) is 16.3. The first kappa shape index (κ1) is 22.6. The predicted octanol–water partition coefficient (Wildman–Crippen LogP) is 3.81. The molecule has 0 bridgehead atoms. The topological polar surface area (TPSA) is 106 Å². The Kier molecular flexibility index (Phi) is 5.74. The number of sulfone groups is 1. The van der Waals surface area contributed by atoms with Gasteiger partial charge in [0.25, 0.3) is 5.91 Å². The maximum Gasteiger partial charge on any atom is 0.416 e. The standard InChI is InChI=1S/C20H17F3N2O5S2/c21-20(22,23)13-3-1-12(2-4-13)17-24-15-6-5-14(11-16(15)31-17)32(28,29)19(18(26)25-27)7-9-30-10-8-19/h1-6,11,27H,7-10H2,(H,25,26). The van der Waals surface area contributed by atoms with Crippen LogP contribution < -0.4 is 5.48 Å². The van der Waals surface area contributed by atoms with Gasteiger partial charge >= 0.3 is 6.18 Å². The van der Waals surface area contributed by atoms with Crippen molar-refractivity contribution in [2.24, 2.45) is 0 Å². The maximum absolute atomic E-state index is 13.4. The number of nitrogens with zero attached hydrogens (tertiary/aromatic N) is 1. The number of rotatable bonds is 4. The molecule has 2 aromatic carbocycles. The van der Waals surface area contributed by atoms with Crippen molar-refractivity contribution in [2.75, 3.05) is 13.2 Å². The van der Waals surface area contributed by atoms with Crippen LogP contribution in [0.1, 0.15) is 18.4 Å². The molecular formula is C20H17F3N2O5S2. The van der Waals surface area contributed by atoms with Crippen LogP contribution in [0.4, 0.5) is 13.2 Å². The lowest BCUT2D eigenvalue weighted by atomic mass is 9.98. The van der Waals surface area contributed by atoms with E-state index < -0.39 is 32.2 Å². The van der Waals surface area contributed by atoms with Crippen molar-refractivity contribution in [1.82, 2.24) is 10.5 Å². The molecule has 0 spiro atoms. The minimum Gasteiger partial charge on any atom is -0.381 e. The highest BCUT2D eigenvalue weighted by Gasteiger charge is 2.52. The van der Waals surface area contributed by atoms with Crippen LogP contribution in [0.5, 0.6) is 0 Å². The van der Waals surface area contributed by atoms with Gasteiger partial charge in [0, 0.05) is 18.8 Å². The summed E-state index contributed by atoms with van der Waals surface area (Å²) in [6.07, 6.45) is -4.67. The first-order valence-electron chi connectivity index (χ1n) is 9.44. The van der Waals surface area contributed by atoms with E-state index >= 15 is 0 Å². The van der Waals surface area contributed by atoms with Crippen LogP contribution in [0.3, 0.4) is 0 Å². The quantitative estimate of drug-likeness (QED) is 0.429. The Hall–Kier alpha value is -2.54. The second-order valence-electron chi connectivity index (χ2n) is 7.27. The zero-order valence-corrected chi connectivity index (χ0v) is 18.0. The molecule has 4 rings (SSSR count). The highest BCUT2D eigenvalue weighted by Crippen LogP contribution is 2.38. The van der Waals surface area contributed by atoms with Crippen LogP contribution in [-0.4, -0.2) is 42.5 Å². The minimum atomic E-state index is -4.45. The third-order valence-electron chi connectivity index (χ3n) is 5.46. The van der Waals surface area contributed by atoms with E-state index in [1.54, 1.807) is 0 Å². The molecule has 12 heteroatoms. The molecule has 0 atom stereocenters. The van der Waals surface area contributed by atoms with Crippen LogP contribution in [0.25, 0.3) is 20.8 Å². The lowest BCUT2D eigenvalue weighted by molar-refractivity contribution is -0.137. The first-order valence-corrected chi connectivity index (χ1v) is 11.7. The largest absolute Gasteiger partial charge is 0.416 e. The van der Waals surface area contributed by atoms with Gasteiger partial charge in [-0.15, -0.1) is 11.3 Å². The van der Waals surface area contributed by atoms with E-state index in [1.807, 2.05) is 0 Å². The first-order chi connectivity index (χ1) is 15.1. The van der Waals surface area contributed by atoms with E-state index in [0.29, 0.717) is 20.8 Å². The van der Waals surface area contributed by atoms with Crippen LogP contribution in [0, 0.1) is 0 Å². The van der Waals surface area contributed by atoms with Crippen LogP contribution in [-0.2, 0) is 25.5 Å². The van der Waals surface area contributed by atoms with Gasteiger partial charge in [-0.3, -0.25) is 10.0 Å². The molecular weight excluding hydrogens is 469 g/mol. The monoisotopic (exact) mass is 486 g/mol. The molecule has 0 aliphatic carbocycles. The van der Waals surface area contributed by atoms with Gasteiger partial charge in [-0.05, 0) is 43.2 Å². The molecule has 0 radical (unpaired) electrons. The zero-order chi connectivity index (χ0) is 23.1. The van der Waals surface area contributed by atoms with Gasteiger partial charge in [-0.2, -0.15) is 13.2 Å². The second-order valence-corrected chi connectivity index (χ2v) is 10.6. The number of alkyl halides is 3. The van der Waals surface area contributed by atoms with Crippen LogP contribution in [0.15, 0.2) is 47.4 Å². The summed E-state index contributed by atoms with van der Waals surface area (Å²) in [7, 11) is -4.20. The van der Waals surface area contributed by atoms with E-state index in [0.717, 1.165) is 23.5 Å². The lowest BCUT2D eigenvalue weighted by Gasteiger charge is -2.34. The molecule has 7 nitrogen and oxygen atoms in total. The Balaban J connectivity index is 1.73. The van der Waals surface area contributed by atoms with E-state index in [1.165, 1.54) is 35.8 Å². The number of aromatic nitrogens is 1. The summed E-state index contributed by atoms with van der Waals surface area (Å²) in [6, 6.07) is 8.73. The van der Waals surface area contributed by atoms with Crippen molar-refractivity contribution in [1.29, 1.82) is 0 Å². The van der Waals surface area contributed by atoms with Crippen molar-refractivity contribution < 1.29 is 36.3 Å². The number of thiazole rings is 1. The third kappa shape index (κ3) is 3.76. The average molecular weight is 486 g/mol. The second kappa shape index (κ2) is 8.10. The predicted molar refractivity (Wildman–Crippen MR) is 110 cm³/mol. The van der Waals surface area contributed by atoms with Gasteiger partial charge in [-0.25, -0.2) is 18.9 Å². The molecule has 32 heavy (non-hydrogen) atoms. The number of hydrogen-bond donors (Lipinski definition) is 2. The van der Waals surface area contributed by atoms with Crippen molar-refractivity contribution in [3.63, 3.8) is 0 Å². The number of fused-ring (bicyclic) bond motifs is 1. The number of amides is 1. The van der Waals surface area contributed by atoms with Crippen molar-refractivity contribution in [3.8, 4) is 10.6 Å². The Morgan fingerprint density at radius 1 is 1.12 bits per heavy atom. The van der Waals surface area contributed by atoms with Gasteiger partial charge in [0.05, 0.1) is 20.7 Å². The average Bonchev–Trinajstić information content (AvgIpc) is 3.22. The van der Waals surface area contributed by atoms with Crippen molar-refractivity contribution in [3.05, 3.63) is 48.0 Å². The number of benzene rings is 2. The third-order valence-corrected chi connectivity index (χ3v) is 9.02. The molecule has 2 N–H and O–H groups in total. The number of halogens is 3. The smallest absolute Gasteiger partial charge is 0.381 e. The summed E-state index contributed by atoms with van der Waals surface area (Å²) in [5.41, 5.74) is 1.62. The molecule has 1 aromatic heterocycles. The summed E-state index contributed by atoms with van der Waals surface area (Å²) in [5, 5.41) is 9.58. The van der Waals surface area contributed by atoms with E-state index in [9.17, 15) is 26.4 Å². The highest BCUT2D eigenvalue weighted by atomic mass is 32.2. The van der Waals surface area contributed by atoms with Gasteiger partial charge < -0.3 is 4.74 Å². The van der Waals surface area contributed by atoms with Crippen molar-refractivity contribution in [2.45, 2.75) is 28.7 Å². The molecule has 1 saturated heterocycles. The molecule has 1 fully saturated rings. The number of carbonyl (C=O) groups is 1. The Labute approximate surface area is 184 Å². The fourth-order valence-electron chi connectivity index (χ4n) is 3.64. The molecule has 1 amide bonds. The van der Waals surface area contributed by atoms with Gasteiger partial charge in [0.1, 0.15) is 5.01 Å². The molecule has 0 saturated carbocycles. The Morgan fingerprint density at radius 2 is 1.78 bits per heavy atom. The molecule has 0 unspecified atom stereocenters. The summed E-state index contributed by atoms with van der Waals surface area (Å²) < 4.78 is 69.0. The molecule has 2 heterocycles. The van der Waals surface area contributed by atoms with E-state index in [4.69, 9.17) is 9.94 Å². The number of carbonyl (C=O) groups excluding carboxylic acids is 1. The molecule has 3 aromatic rings. The normalized spacial score (nSPS) is 16.8. The number of ether oxygens (including phenoxy) is 1. The molecule has 170 valence electrons. The summed E-state index contributed by atoms with van der Waals surface area (Å²) in [6.45, 7) is 0.0983. The lowest BCUT2D eigenvalue weighted by Crippen LogP contribution is -2.54. The summed E-state index contributed by atoms with van der Waals surface area (Å²) >= 11 is 1.12. The number of hydrogen-bond acceptors (Lipinski definition) is 7. The van der Waals surface area contributed by atoms with Crippen LogP contribution >= 0.6 is 11.3 Å². The fraction of sp³-hybridized carbons (Fsp3) is 0.300. The molecule has 1 aliphatic heterocycles. The Morgan fingerprint density at radius 3 is 2.38 bits per heavy atom. The van der Waals surface area contributed by atoms with Crippen LogP contribution in [0.2, 0.25) is 0 Å². The van der Waals surface area contributed by atoms with E-state index in [-0.39, 0.29) is 31.0 Å². The maximum atomic E-state index is 13.4. The Bertz CT molecular complexity index is 1260. The molecule has 1 aliphatic rings. The summed E-state index contributed by atoms with van der Waals surface area (Å²) in [4.78, 5) is 16.6. The fourth-order valence-corrected chi connectivity index (χ4v) is 6.69. The van der Waals surface area contributed by atoms with Gasteiger partial charge in [-0.1, -0.05) is 12.1 Å². The van der Waals surface area contributed by atoms with E-state index in [2.05, 4.69) is 4.98 Å². The number of hydroxylamine groups is 1.